The van der Waals surface area contributed by atoms with Crippen LogP contribution in [0.2, 0.25) is 0 Å². The van der Waals surface area contributed by atoms with Crippen LogP contribution in [0.4, 0.5) is 0 Å². The van der Waals surface area contributed by atoms with Gasteiger partial charge in [-0.25, -0.2) is 0 Å². The molecule has 0 aliphatic heterocycles. The van der Waals surface area contributed by atoms with E-state index < -0.39 is 0 Å². The molecule has 1 rings (SSSR count). The average Bonchev–Trinajstić information content (AvgIpc) is 2.27. The smallest absolute Gasteiger partial charge is 0.0868 e. The Hall–Kier alpha value is -1.37. The van der Waals surface area contributed by atoms with E-state index in [1.165, 1.54) is 0 Å². The van der Waals surface area contributed by atoms with E-state index in [1.54, 1.807) is 0 Å². The highest BCUT2D eigenvalue weighted by atomic mass is 16.3. The normalized spacial score (nSPS) is 12.4. The highest BCUT2D eigenvalue weighted by Gasteiger charge is 2.15. The maximum absolute atomic E-state index is 9.01. The minimum atomic E-state index is 0.121. The third-order valence-corrected chi connectivity index (χ3v) is 2.44. The summed E-state index contributed by atoms with van der Waals surface area (Å²) in [7, 11) is 1.90. The van der Waals surface area contributed by atoms with E-state index in [1.807, 2.05) is 42.3 Å². The third kappa shape index (κ3) is 3.35. The van der Waals surface area contributed by atoms with Gasteiger partial charge in [0.2, 0.25) is 0 Å². The molecule has 0 heterocycles. The summed E-state index contributed by atoms with van der Waals surface area (Å²) >= 11 is 0. The SMILES string of the molecule is CN(CC#N)C(CCO)c1ccccc1. The van der Waals surface area contributed by atoms with Gasteiger partial charge in [0.05, 0.1) is 12.6 Å². The summed E-state index contributed by atoms with van der Waals surface area (Å²) in [5.41, 5.74) is 1.14. The van der Waals surface area contributed by atoms with Crippen LogP contribution in [0.1, 0.15) is 18.0 Å². The molecule has 0 saturated heterocycles. The Morgan fingerprint density at radius 2 is 2.07 bits per heavy atom. The van der Waals surface area contributed by atoms with Gasteiger partial charge in [-0.2, -0.15) is 5.26 Å². The Kier molecular flexibility index (Phi) is 4.82. The van der Waals surface area contributed by atoms with Gasteiger partial charge in [0.25, 0.3) is 0 Å². The molecular formula is C12H16N2O. The zero-order valence-electron chi connectivity index (χ0n) is 8.93. The maximum atomic E-state index is 9.01. The van der Waals surface area contributed by atoms with E-state index >= 15 is 0 Å². The predicted molar refractivity (Wildman–Crippen MR) is 59.1 cm³/mol. The second kappa shape index (κ2) is 6.18. The van der Waals surface area contributed by atoms with Crippen molar-refractivity contribution in [2.45, 2.75) is 12.5 Å². The number of rotatable bonds is 5. The summed E-state index contributed by atoms with van der Waals surface area (Å²) in [6, 6.07) is 12.2. The Morgan fingerprint density at radius 3 is 2.60 bits per heavy atom. The number of nitriles is 1. The lowest BCUT2D eigenvalue weighted by molar-refractivity contribution is 0.199. The van der Waals surface area contributed by atoms with Crippen LogP contribution in [-0.4, -0.2) is 30.2 Å². The largest absolute Gasteiger partial charge is 0.396 e. The van der Waals surface area contributed by atoms with Crippen molar-refractivity contribution in [1.29, 1.82) is 5.26 Å². The first-order valence-electron chi connectivity index (χ1n) is 5.02. The molecule has 1 unspecified atom stereocenters. The highest BCUT2D eigenvalue weighted by Crippen LogP contribution is 2.21. The number of benzene rings is 1. The van der Waals surface area contributed by atoms with E-state index in [0.717, 1.165) is 5.56 Å². The molecule has 0 bridgehead atoms. The summed E-state index contributed by atoms with van der Waals surface area (Å²) in [5.74, 6) is 0. The number of nitrogens with zero attached hydrogens (tertiary/aromatic N) is 2. The van der Waals surface area contributed by atoms with E-state index in [2.05, 4.69) is 6.07 Å². The first-order valence-corrected chi connectivity index (χ1v) is 5.02. The molecule has 0 saturated carbocycles. The van der Waals surface area contributed by atoms with Crippen molar-refractivity contribution in [3.8, 4) is 6.07 Å². The van der Waals surface area contributed by atoms with Crippen LogP contribution < -0.4 is 0 Å². The van der Waals surface area contributed by atoms with Gasteiger partial charge in [0, 0.05) is 12.6 Å². The molecular weight excluding hydrogens is 188 g/mol. The molecule has 1 aromatic carbocycles. The monoisotopic (exact) mass is 204 g/mol. The summed E-state index contributed by atoms with van der Waals surface area (Å²) < 4.78 is 0. The maximum Gasteiger partial charge on any atom is 0.0868 e. The highest BCUT2D eigenvalue weighted by molar-refractivity contribution is 5.19. The van der Waals surface area contributed by atoms with Crippen molar-refractivity contribution < 1.29 is 5.11 Å². The van der Waals surface area contributed by atoms with Gasteiger partial charge in [-0.15, -0.1) is 0 Å². The van der Waals surface area contributed by atoms with Crippen molar-refractivity contribution in [1.82, 2.24) is 4.90 Å². The molecule has 0 spiro atoms. The van der Waals surface area contributed by atoms with Crippen LogP contribution in [-0.2, 0) is 0 Å². The van der Waals surface area contributed by atoms with Crippen LogP contribution in [0.15, 0.2) is 30.3 Å². The summed E-state index contributed by atoms with van der Waals surface area (Å²) in [4.78, 5) is 1.95. The standard InChI is InChI=1S/C12H16N2O/c1-14(9-8-13)12(7-10-15)11-5-3-2-4-6-11/h2-6,12,15H,7,9-10H2,1H3. The quantitative estimate of drug-likeness (QED) is 0.740. The fraction of sp³-hybridized carbons (Fsp3) is 0.417. The molecule has 1 atom stereocenters. The van der Waals surface area contributed by atoms with Gasteiger partial charge in [-0.1, -0.05) is 30.3 Å². The van der Waals surface area contributed by atoms with Crippen LogP contribution in [0.25, 0.3) is 0 Å². The minimum absolute atomic E-state index is 0.121. The summed E-state index contributed by atoms with van der Waals surface area (Å²) in [5, 5.41) is 17.7. The van der Waals surface area contributed by atoms with E-state index in [9.17, 15) is 0 Å². The topological polar surface area (TPSA) is 47.3 Å². The van der Waals surface area contributed by atoms with Crippen molar-refractivity contribution in [2.24, 2.45) is 0 Å². The lowest BCUT2D eigenvalue weighted by Crippen LogP contribution is -2.25. The van der Waals surface area contributed by atoms with Gasteiger partial charge >= 0.3 is 0 Å². The third-order valence-electron chi connectivity index (χ3n) is 2.44. The Morgan fingerprint density at radius 1 is 1.40 bits per heavy atom. The van der Waals surface area contributed by atoms with E-state index in [4.69, 9.17) is 10.4 Å². The molecule has 80 valence electrons. The molecule has 0 amide bonds. The Bertz CT molecular complexity index is 318. The van der Waals surface area contributed by atoms with Gasteiger partial charge in [0.1, 0.15) is 0 Å². The van der Waals surface area contributed by atoms with Crippen molar-refractivity contribution >= 4 is 0 Å². The van der Waals surface area contributed by atoms with Crippen LogP contribution in [0.5, 0.6) is 0 Å². The molecule has 15 heavy (non-hydrogen) atoms. The lowest BCUT2D eigenvalue weighted by Gasteiger charge is -2.25. The second-order valence-electron chi connectivity index (χ2n) is 3.51. The van der Waals surface area contributed by atoms with Gasteiger partial charge in [-0.05, 0) is 19.0 Å². The molecule has 0 aliphatic rings. The summed E-state index contributed by atoms with van der Waals surface area (Å²) in [6.07, 6.45) is 0.655. The van der Waals surface area contributed by atoms with Gasteiger partial charge in [0.15, 0.2) is 0 Å². The zero-order valence-corrected chi connectivity index (χ0v) is 8.93. The molecule has 3 heteroatoms. The number of hydrogen-bond donors (Lipinski definition) is 1. The molecule has 0 radical (unpaired) electrons. The van der Waals surface area contributed by atoms with Crippen LogP contribution in [0, 0.1) is 11.3 Å². The van der Waals surface area contributed by atoms with Crippen LogP contribution in [0.3, 0.4) is 0 Å². The van der Waals surface area contributed by atoms with Crippen molar-refractivity contribution in [3.05, 3.63) is 35.9 Å². The molecule has 1 aromatic rings. The number of hydrogen-bond acceptors (Lipinski definition) is 3. The van der Waals surface area contributed by atoms with Gasteiger partial charge < -0.3 is 5.11 Å². The molecule has 0 fully saturated rings. The average molecular weight is 204 g/mol. The first kappa shape index (κ1) is 11.7. The predicted octanol–water partition coefficient (Wildman–Crippen LogP) is 1.57. The Balaban J connectivity index is 2.79. The zero-order chi connectivity index (χ0) is 11.1. The Labute approximate surface area is 90.6 Å². The van der Waals surface area contributed by atoms with Crippen LogP contribution >= 0.6 is 0 Å². The molecule has 0 aliphatic carbocycles. The van der Waals surface area contributed by atoms with E-state index in [0.29, 0.717) is 13.0 Å². The second-order valence-corrected chi connectivity index (χ2v) is 3.51. The first-order chi connectivity index (χ1) is 7.29. The number of aliphatic hydroxyl groups is 1. The fourth-order valence-electron chi connectivity index (χ4n) is 1.66. The molecule has 1 N–H and O–H groups in total. The lowest BCUT2D eigenvalue weighted by atomic mass is 10.0. The van der Waals surface area contributed by atoms with E-state index in [-0.39, 0.29) is 12.6 Å². The van der Waals surface area contributed by atoms with Crippen molar-refractivity contribution in [2.75, 3.05) is 20.2 Å². The summed E-state index contributed by atoms with van der Waals surface area (Å²) in [6.45, 7) is 0.509. The van der Waals surface area contributed by atoms with Crippen molar-refractivity contribution in [3.63, 3.8) is 0 Å². The molecule has 3 nitrogen and oxygen atoms in total. The van der Waals surface area contributed by atoms with Gasteiger partial charge in [-0.3, -0.25) is 4.90 Å². The number of aliphatic hydroxyl groups excluding tert-OH is 1. The minimum Gasteiger partial charge on any atom is -0.396 e. The fourth-order valence-corrected chi connectivity index (χ4v) is 1.66. The molecule has 0 aromatic heterocycles.